The average Bonchev–Trinajstić information content (AvgIpc) is 0.880. The van der Waals surface area contributed by atoms with Crippen LogP contribution in [0.5, 0.6) is 0 Å². The normalized spacial score (nSPS) is 10.5. The molecule has 12 nitrogen and oxygen atoms in total. The van der Waals surface area contributed by atoms with Gasteiger partial charge in [-0.2, -0.15) is 90.4 Å². The third-order valence-electron chi connectivity index (χ3n) is 13.8. The van der Waals surface area contributed by atoms with Crippen molar-refractivity contribution >= 4 is 101 Å². The van der Waals surface area contributed by atoms with Crippen molar-refractivity contribution in [3.8, 4) is 36.4 Å². The molecule has 0 bridgehead atoms. The van der Waals surface area contributed by atoms with Gasteiger partial charge in [-0.3, -0.25) is 4.79 Å². The molecule has 0 saturated heterocycles. The summed E-state index contributed by atoms with van der Waals surface area (Å²) in [5.41, 5.74) is 8.69. The number of carbonyl (C=O) groups excluding carboxylic acids is 2. The first-order chi connectivity index (χ1) is 54.4. The lowest BCUT2D eigenvalue weighted by molar-refractivity contribution is -0.151. The van der Waals surface area contributed by atoms with Crippen LogP contribution in [0.15, 0.2) is 209 Å². The van der Waals surface area contributed by atoms with Crippen LogP contribution >= 0.6 is 70.6 Å². The molecular formula is C99H154N6O6S6. The topological polar surface area (TPSA) is 236 Å². The molecule has 0 aliphatic heterocycles. The van der Waals surface area contributed by atoms with Gasteiger partial charge >= 0.3 is 11.9 Å². The molecule has 2 unspecified atom stereocenters. The molecule has 0 aliphatic carbocycles. The maximum Gasteiger partial charge on any atom is 0.333 e. The molecule has 18 heteroatoms. The average molecular weight is 1720 g/mol. The van der Waals surface area contributed by atoms with Crippen molar-refractivity contribution in [2.24, 2.45) is 32.5 Å². The van der Waals surface area contributed by atoms with E-state index in [1.807, 2.05) is 243 Å². The fourth-order valence-electron chi connectivity index (χ4n) is 6.97. The monoisotopic (exact) mass is 1720 g/mol. The van der Waals surface area contributed by atoms with Crippen LogP contribution in [-0.4, -0.2) is 107 Å². The zero-order chi connectivity index (χ0) is 93.1. The molecule has 0 heterocycles. The zero-order valence-corrected chi connectivity index (χ0v) is 82.1. The number of esters is 2. The van der Waals surface area contributed by atoms with Crippen molar-refractivity contribution in [1.82, 2.24) is 0 Å². The first-order valence-electron chi connectivity index (χ1n) is 38.4. The largest absolute Gasteiger partial charge is 0.463 e. The van der Waals surface area contributed by atoms with E-state index in [2.05, 4.69) is 188 Å². The molecule has 0 amide bonds. The highest BCUT2D eigenvalue weighted by molar-refractivity contribution is 7.99. The molecule has 0 radical (unpaired) electrons. The van der Waals surface area contributed by atoms with Gasteiger partial charge in [0.2, 0.25) is 0 Å². The van der Waals surface area contributed by atoms with Crippen molar-refractivity contribution in [2.45, 2.75) is 207 Å². The van der Waals surface area contributed by atoms with E-state index in [1.54, 1.807) is 37.8 Å². The highest BCUT2D eigenvalue weighted by Gasteiger charge is 2.24. The standard InChI is InChI=1S/C13H19NO5.C13H15N.C10H12S.2C9H15N.C8H13N.C8H8.C7H11N.C5H10OS.2C5H10S.C4H8S.C3H8S/c1-9(2)12(17)19-7-10(15)6-18-11(16)5-13(3,4)8-14;1-4-11-5-7-12(8-6-11)9-13(2,3)10-14;1-3-9-4-6-10(7-5-9)8-11-2;2*1-8(2)5-6-9(3,4)7-10;1-7(2)5-8(3,4)6-9;1-2-8-6-4-3-5-7-8;1-4-5-7(2,3)6-8;1-3-4-5(6)7-2;1-5(2)4-6-3;1-3-4-5-6-2;1-3-4-5-2;1-3-4-2/h10,15H,1,5-7H2,2-4H3;4-8H,1,9H2,2-3H3;3-7H,1,8H2,2H3;2*1,5-6H2,2-4H3;1,5H2,2-4H3;2-7H,1H2;4H,1,5H2,2-3H3;3-6H,1-2H3;1,4H2,2-3H3;3-4H,5H2,1-2H3;3H,1,4H2,2H3;3H2,1-2H3/b;;;;;;;;4-3+;;4-3+;;. The summed E-state index contributed by atoms with van der Waals surface area (Å²) < 4.78 is 9.47. The number of aliphatic hydroxyl groups is 2. The van der Waals surface area contributed by atoms with Crippen LogP contribution in [0.3, 0.4) is 0 Å². The van der Waals surface area contributed by atoms with E-state index in [0.29, 0.717) is 0 Å². The first-order valence-corrected chi connectivity index (χ1v) is 46.6. The van der Waals surface area contributed by atoms with Crippen molar-refractivity contribution in [3.63, 3.8) is 0 Å². The predicted molar refractivity (Wildman–Crippen MR) is 530 cm³/mol. The highest BCUT2D eigenvalue weighted by Crippen LogP contribution is 2.26. The van der Waals surface area contributed by atoms with Crippen LogP contribution in [0.25, 0.3) is 18.2 Å². The summed E-state index contributed by atoms with van der Waals surface area (Å²) >= 11 is 10.6. The number of benzene rings is 3. The van der Waals surface area contributed by atoms with Crippen molar-refractivity contribution < 1.29 is 29.3 Å². The summed E-state index contributed by atoms with van der Waals surface area (Å²) in [5, 5.41) is 70.0. The van der Waals surface area contributed by atoms with Gasteiger partial charge in [0.25, 0.3) is 0 Å². The molecule has 0 aliphatic rings. The number of rotatable bonds is 33. The molecule has 3 aromatic rings. The van der Waals surface area contributed by atoms with Gasteiger partial charge in [0.15, 0.2) is 0 Å². The molecule has 0 aromatic heterocycles. The van der Waals surface area contributed by atoms with Gasteiger partial charge in [0.05, 0.1) is 75.3 Å². The highest BCUT2D eigenvalue weighted by atomic mass is 32.2. The SMILES string of the molecule is C/C=C/C(O)SC.C/C=C/CSC.C=C(C)C(=O)OCC(O)COC(=O)CC(C)(C)C#N.C=C(C)CC(C)(C)C#N.C=C(C)CCC(C)(C)C#N.C=C(C)CCC(C)(C)C#N.C=C(C)CSC.C=CCC(C)(C)C#N.C=CCSC.C=Cc1ccc(CC(C)(C)C#N)cc1.C=Cc1ccc(CSC)cc1.C=Cc1ccccc1.CCSC. The van der Waals surface area contributed by atoms with E-state index in [1.165, 1.54) is 52.3 Å². The Morgan fingerprint density at radius 3 is 1.10 bits per heavy atom. The molecule has 0 fully saturated rings. The number of ether oxygens (including phenoxy) is 2. The second kappa shape index (κ2) is 84.9. The minimum Gasteiger partial charge on any atom is -0.463 e. The lowest BCUT2D eigenvalue weighted by atomic mass is 9.87. The Morgan fingerprint density at radius 1 is 0.470 bits per heavy atom. The van der Waals surface area contributed by atoms with Crippen LogP contribution in [0.1, 0.15) is 211 Å². The number of hydrogen-bond acceptors (Lipinski definition) is 18. The van der Waals surface area contributed by atoms with Gasteiger partial charge in [-0.15, -0.1) is 44.7 Å². The fourth-order valence-corrected chi connectivity index (χ4v) is 8.93. The summed E-state index contributed by atoms with van der Waals surface area (Å²) in [6, 6.07) is 39.8. The van der Waals surface area contributed by atoms with E-state index >= 15 is 0 Å². The Labute approximate surface area is 742 Å². The Bertz CT molecular complexity index is 3450. The second-order valence-electron chi connectivity index (χ2n) is 30.4. The summed E-state index contributed by atoms with van der Waals surface area (Å²) in [5.74, 6) is 4.45. The third kappa shape index (κ3) is 108. The maximum atomic E-state index is 11.4. The number of nitriles is 6. The van der Waals surface area contributed by atoms with E-state index in [4.69, 9.17) is 41.4 Å². The summed E-state index contributed by atoms with van der Waals surface area (Å²) in [6.07, 6.45) is 34.2. The molecule has 2 atom stereocenters. The summed E-state index contributed by atoms with van der Waals surface area (Å²) in [6.45, 7) is 74.0. The van der Waals surface area contributed by atoms with Gasteiger partial charge in [0, 0.05) is 28.6 Å². The lowest BCUT2D eigenvalue weighted by Crippen LogP contribution is -2.27. The molecule has 117 heavy (non-hydrogen) atoms. The number of thioether (sulfide) groups is 6. The van der Waals surface area contributed by atoms with Gasteiger partial charge in [-0.1, -0.05) is 196 Å². The second-order valence-corrected chi connectivity index (χ2v) is 36.1. The van der Waals surface area contributed by atoms with Gasteiger partial charge < -0.3 is 19.7 Å². The molecular weight excluding hydrogens is 1560 g/mol. The maximum absolute atomic E-state index is 11.4. The third-order valence-corrected chi connectivity index (χ3v) is 17.5. The Balaban J connectivity index is -0.000000135. The van der Waals surface area contributed by atoms with Crippen LogP contribution in [0.4, 0.5) is 0 Å². The molecule has 2 N–H and O–H groups in total. The van der Waals surface area contributed by atoms with Crippen LogP contribution in [0, 0.1) is 100 Å². The number of hydrogen-bond donors (Lipinski definition) is 2. The lowest BCUT2D eigenvalue weighted by Gasteiger charge is -2.15. The quantitative estimate of drug-likeness (QED) is 0.0249. The van der Waals surface area contributed by atoms with E-state index < -0.39 is 23.5 Å². The molecule has 3 rings (SSSR count). The number of aliphatic hydroxyl groups excluding tert-OH is 2. The summed E-state index contributed by atoms with van der Waals surface area (Å²) in [7, 11) is 0. The number of allylic oxidation sites excluding steroid dienone is 6. The van der Waals surface area contributed by atoms with Crippen molar-refractivity contribution in [2.75, 3.05) is 73.8 Å². The van der Waals surface area contributed by atoms with Crippen LogP contribution in [0.2, 0.25) is 0 Å². The predicted octanol–water partition coefficient (Wildman–Crippen LogP) is 28.3. The van der Waals surface area contributed by atoms with E-state index in [9.17, 15) is 14.7 Å². The zero-order valence-electron chi connectivity index (χ0n) is 77.2. The smallest absolute Gasteiger partial charge is 0.333 e. The molecule has 0 spiro atoms. The fraction of sp³-hybridized carbons (Fsp3) is 0.495. The Kier molecular flexibility index (Phi) is 94.4. The Morgan fingerprint density at radius 2 is 0.863 bits per heavy atom. The van der Waals surface area contributed by atoms with Crippen molar-refractivity contribution in [3.05, 3.63) is 237 Å². The van der Waals surface area contributed by atoms with Gasteiger partial charge in [-0.05, 0) is 248 Å². The number of carbonyl (C=O) groups is 2. The number of nitrogens with zero attached hydrogens (tertiary/aromatic N) is 6. The molecule has 0 saturated carbocycles. The minimum atomic E-state index is -1.10. The van der Waals surface area contributed by atoms with Gasteiger partial charge in [-0.25, -0.2) is 4.79 Å². The summed E-state index contributed by atoms with van der Waals surface area (Å²) in [4.78, 5) is 22.4. The van der Waals surface area contributed by atoms with Crippen LogP contribution < -0.4 is 0 Å². The molecule has 3 aromatic carbocycles. The first kappa shape index (κ1) is 130. The van der Waals surface area contributed by atoms with Crippen molar-refractivity contribution in [1.29, 1.82) is 31.6 Å². The van der Waals surface area contributed by atoms with Gasteiger partial charge in [0.1, 0.15) is 24.8 Å². The minimum absolute atomic E-state index is 0.0677. The Hall–Kier alpha value is -7.56. The van der Waals surface area contributed by atoms with Crippen LogP contribution in [-0.2, 0) is 31.2 Å². The molecule has 652 valence electrons. The van der Waals surface area contributed by atoms with E-state index in [-0.39, 0.29) is 57.7 Å². The van der Waals surface area contributed by atoms with E-state index in [0.717, 1.165) is 90.2 Å².